The minimum absolute atomic E-state index is 0.0142. The van der Waals surface area contributed by atoms with Crippen LogP contribution in [0.2, 0.25) is 5.02 Å². The number of rotatable bonds is 7. The van der Waals surface area contributed by atoms with Crippen molar-refractivity contribution in [3.05, 3.63) is 97.6 Å². The molecule has 0 radical (unpaired) electrons. The zero-order valence-electron chi connectivity index (χ0n) is 18.9. The summed E-state index contributed by atoms with van der Waals surface area (Å²) in [4.78, 5) is 39.1. The molecule has 1 heterocycles. The number of amides is 3. The van der Waals surface area contributed by atoms with Gasteiger partial charge in [-0.15, -0.1) is 0 Å². The number of imide groups is 1. The van der Waals surface area contributed by atoms with E-state index >= 15 is 0 Å². The molecular weight excluding hydrogens is 571 g/mol. The van der Waals surface area contributed by atoms with Crippen LogP contribution in [0.25, 0.3) is 6.08 Å². The van der Waals surface area contributed by atoms with Crippen LogP contribution in [-0.2, 0) is 16.2 Å². The molecule has 0 aliphatic carbocycles. The molecule has 184 valence electrons. The van der Waals surface area contributed by atoms with Gasteiger partial charge < -0.3 is 10.1 Å². The number of thioether (sulfide) groups is 1. The van der Waals surface area contributed by atoms with Crippen molar-refractivity contribution in [2.45, 2.75) is 13.5 Å². The molecule has 3 amide bonds. The predicted molar refractivity (Wildman–Crippen MR) is 142 cm³/mol. The van der Waals surface area contributed by atoms with Gasteiger partial charge in [0.25, 0.3) is 11.1 Å². The van der Waals surface area contributed by atoms with Crippen LogP contribution < -0.4 is 10.1 Å². The average Bonchev–Trinajstić information content (AvgIpc) is 3.09. The number of hydrogen-bond donors (Lipinski definition) is 1. The Kier molecular flexibility index (Phi) is 8.13. The van der Waals surface area contributed by atoms with Gasteiger partial charge in [-0.1, -0.05) is 51.8 Å². The number of halogens is 3. The molecule has 0 saturated carbocycles. The first-order chi connectivity index (χ1) is 17.2. The third-order valence-electron chi connectivity index (χ3n) is 5.25. The van der Waals surface area contributed by atoms with E-state index < -0.39 is 23.6 Å². The molecule has 10 heteroatoms. The van der Waals surface area contributed by atoms with Gasteiger partial charge in [-0.25, -0.2) is 4.39 Å². The van der Waals surface area contributed by atoms with Gasteiger partial charge in [0.15, 0.2) is 0 Å². The third kappa shape index (κ3) is 6.16. The number of hydrogen-bond acceptors (Lipinski definition) is 5. The Balaban J connectivity index is 1.50. The number of carbonyl (C=O) groups excluding carboxylic acids is 3. The standard InChI is InChI=1S/C26H19BrClFN2O4S/c1-15-6-8-19(28)12-21(15)30-24(32)13-31-25(33)23(36-26(31)34)11-17-10-18(27)7-9-22(17)35-14-16-4-2-3-5-20(16)29/h2-12H,13-14H2,1H3,(H,30,32)/b23-11-. The molecule has 4 rings (SSSR count). The predicted octanol–water partition coefficient (Wildman–Crippen LogP) is 6.80. The number of benzene rings is 3. The molecule has 0 bridgehead atoms. The molecule has 3 aromatic rings. The van der Waals surface area contributed by atoms with Crippen LogP contribution in [0.1, 0.15) is 16.7 Å². The first kappa shape index (κ1) is 25.9. The smallest absolute Gasteiger partial charge is 0.294 e. The fourth-order valence-electron chi connectivity index (χ4n) is 3.37. The number of ether oxygens (including phenoxy) is 1. The second kappa shape index (κ2) is 11.3. The van der Waals surface area contributed by atoms with E-state index in [-0.39, 0.29) is 17.3 Å². The minimum atomic E-state index is -0.594. The summed E-state index contributed by atoms with van der Waals surface area (Å²) in [6.07, 6.45) is 1.52. The Morgan fingerprint density at radius 2 is 1.94 bits per heavy atom. The second-order valence-corrected chi connectivity index (χ2v) is 10.2. The van der Waals surface area contributed by atoms with Crippen molar-refractivity contribution < 1.29 is 23.5 Å². The summed E-state index contributed by atoms with van der Waals surface area (Å²) in [5, 5.41) is 2.57. The van der Waals surface area contributed by atoms with Crippen LogP contribution in [0.4, 0.5) is 14.9 Å². The Bertz CT molecular complexity index is 1400. The highest BCUT2D eigenvalue weighted by Gasteiger charge is 2.36. The molecule has 1 fully saturated rings. The largest absolute Gasteiger partial charge is 0.488 e. The summed E-state index contributed by atoms with van der Waals surface area (Å²) in [6, 6.07) is 16.5. The van der Waals surface area contributed by atoms with E-state index in [4.69, 9.17) is 16.3 Å². The molecule has 1 aliphatic rings. The van der Waals surface area contributed by atoms with Crippen molar-refractivity contribution in [2.75, 3.05) is 11.9 Å². The first-order valence-electron chi connectivity index (χ1n) is 10.7. The molecule has 36 heavy (non-hydrogen) atoms. The van der Waals surface area contributed by atoms with Crippen LogP contribution in [0.15, 0.2) is 70.0 Å². The number of nitrogens with one attached hydrogen (secondary N) is 1. The molecular formula is C26H19BrClFN2O4S. The maximum Gasteiger partial charge on any atom is 0.294 e. The summed E-state index contributed by atoms with van der Waals surface area (Å²) in [7, 11) is 0. The van der Waals surface area contributed by atoms with Crippen LogP contribution in [0.5, 0.6) is 5.75 Å². The molecule has 1 N–H and O–H groups in total. The highest BCUT2D eigenvalue weighted by molar-refractivity contribution is 9.10. The van der Waals surface area contributed by atoms with Gasteiger partial charge >= 0.3 is 0 Å². The zero-order chi connectivity index (χ0) is 25.8. The average molecular weight is 590 g/mol. The van der Waals surface area contributed by atoms with Crippen molar-refractivity contribution in [1.29, 1.82) is 0 Å². The lowest BCUT2D eigenvalue weighted by atomic mass is 10.1. The van der Waals surface area contributed by atoms with Gasteiger partial charge in [0.1, 0.15) is 24.7 Å². The Hall–Kier alpha value is -3.14. The van der Waals surface area contributed by atoms with E-state index in [2.05, 4.69) is 21.2 Å². The fourth-order valence-corrected chi connectivity index (χ4v) is 4.75. The summed E-state index contributed by atoms with van der Waals surface area (Å²) < 4.78 is 20.5. The minimum Gasteiger partial charge on any atom is -0.488 e. The maximum atomic E-state index is 14.0. The highest BCUT2D eigenvalue weighted by atomic mass is 79.9. The number of nitrogens with zero attached hydrogens (tertiary/aromatic N) is 1. The summed E-state index contributed by atoms with van der Waals surface area (Å²) in [5.74, 6) is -1.10. The second-order valence-electron chi connectivity index (χ2n) is 7.84. The van der Waals surface area contributed by atoms with Gasteiger partial charge in [-0.3, -0.25) is 19.3 Å². The van der Waals surface area contributed by atoms with Gasteiger partial charge in [-0.05, 0) is 66.7 Å². The summed E-state index contributed by atoms with van der Waals surface area (Å²) in [6.45, 7) is 1.35. The summed E-state index contributed by atoms with van der Waals surface area (Å²) >= 11 is 10.1. The van der Waals surface area contributed by atoms with Crippen molar-refractivity contribution in [1.82, 2.24) is 4.90 Å². The number of carbonyl (C=O) groups is 3. The zero-order valence-corrected chi connectivity index (χ0v) is 22.0. The topological polar surface area (TPSA) is 75.7 Å². The quantitative estimate of drug-likeness (QED) is 0.307. The van der Waals surface area contributed by atoms with E-state index in [1.807, 2.05) is 0 Å². The SMILES string of the molecule is Cc1ccc(Cl)cc1NC(=O)CN1C(=O)S/C(=C\c2cc(Br)ccc2OCc2ccccc2F)C1=O. The van der Waals surface area contributed by atoms with Gasteiger partial charge in [0.05, 0.1) is 4.91 Å². The molecule has 1 saturated heterocycles. The molecule has 6 nitrogen and oxygen atoms in total. The van der Waals surface area contributed by atoms with Crippen LogP contribution in [0, 0.1) is 12.7 Å². The van der Waals surface area contributed by atoms with Crippen LogP contribution >= 0.6 is 39.3 Å². The normalized spacial score (nSPS) is 14.4. The number of anilines is 1. The molecule has 0 spiro atoms. The van der Waals surface area contributed by atoms with Crippen molar-refractivity contribution in [2.24, 2.45) is 0 Å². The summed E-state index contributed by atoms with van der Waals surface area (Å²) in [5.41, 5.74) is 2.19. The Labute approximate surface area is 224 Å². The third-order valence-corrected chi connectivity index (χ3v) is 6.88. The van der Waals surface area contributed by atoms with Gasteiger partial charge in [0, 0.05) is 26.3 Å². The number of aryl methyl sites for hydroxylation is 1. The lowest BCUT2D eigenvalue weighted by molar-refractivity contribution is -0.127. The molecule has 0 aromatic heterocycles. The monoisotopic (exact) mass is 588 g/mol. The lowest BCUT2D eigenvalue weighted by Gasteiger charge is -2.14. The van der Waals surface area contributed by atoms with Crippen molar-refractivity contribution in [3.63, 3.8) is 0 Å². The Morgan fingerprint density at radius 1 is 1.17 bits per heavy atom. The fraction of sp³-hybridized carbons (Fsp3) is 0.115. The highest BCUT2D eigenvalue weighted by Crippen LogP contribution is 2.35. The van der Waals surface area contributed by atoms with Gasteiger partial charge in [-0.2, -0.15) is 0 Å². The Morgan fingerprint density at radius 3 is 2.72 bits per heavy atom. The lowest BCUT2D eigenvalue weighted by Crippen LogP contribution is -2.36. The molecule has 0 unspecified atom stereocenters. The molecule has 3 aromatic carbocycles. The van der Waals surface area contributed by atoms with E-state index in [1.54, 1.807) is 61.5 Å². The van der Waals surface area contributed by atoms with E-state index in [9.17, 15) is 18.8 Å². The van der Waals surface area contributed by atoms with E-state index in [1.165, 1.54) is 12.1 Å². The molecule has 0 atom stereocenters. The van der Waals surface area contributed by atoms with Crippen molar-refractivity contribution >= 4 is 68.1 Å². The molecule has 1 aliphatic heterocycles. The van der Waals surface area contributed by atoms with Crippen LogP contribution in [-0.4, -0.2) is 28.5 Å². The van der Waals surface area contributed by atoms with Crippen molar-refractivity contribution in [3.8, 4) is 5.75 Å². The van der Waals surface area contributed by atoms with Gasteiger partial charge in [0.2, 0.25) is 5.91 Å². The van der Waals surface area contributed by atoms with Crippen LogP contribution in [0.3, 0.4) is 0 Å². The van der Waals surface area contributed by atoms with E-state index in [0.29, 0.717) is 27.6 Å². The first-order valence-corrected chi connectivity index (χ1v) is 12.7. The maximum absolute atomic E-state index is 14.0. The van der Waals surface area contributed by atoms with E-state index in [0.717, 1.165) is 26.7 Å².